The van der Waals surface area contributed by atoms with E-state index in [0.29, 0.717) is 5.82 Å². The molecule has 0 unspecified atom stereocenters. The second kappa shape index (κ2) is 5.65. The Morgan fingerprint density at radius 3 is 2.68 bits per heavy atom. The maximum Gasteiger partial charge on any atom is 0.239 e. The van der Waals surface area contributed by atoms with Gasteiger partial charge in [0.15, 0.2) is 0 Å². The number of benzene rings is 1. The molecule has 5 heteroatoms. The number of nitrogens with one attached hydrogen (secondary N) is 1. The van der Waals surface area contributed by atoms with Crippen LogP contribution >= 0.6 is 0 Å². The minimum absolute atomic E-state index is 0.0209. The molecule has 100 valence electrons. The van der Waals surface area contributed by atoms with E-state index in [1.54, 1.807) is 11.1 Å². The SMILES string of the molecule is CC(C)NC(=O)CN(C)c1cnc2ccccc2n1. The molecule has 0 spiro atoms. The molecule has 0 aliphatic carbocycles. The zero-order chi connectivity index (χ0) is 13.8. The van der Waals surface area contributed by atoms with Crippen molar-refractivity contribution in [1.29, 1.82) is 0 Å². The molecular weight excluding hydrogens is 240 g/mol. The van der Waals surface area contributed by atoms with E-state index in [0.717, 1.165) is 11.0 Å². The standard InChI is InChI=1S/C14H18N4O/c1-10(2)16-14(19)9-18(3)13-8-15-11-6-4-5-7-12(11)17-13/h4-8,10H,9H2,1-3H3,(H,16,19). The number of fused-ring (bicyclic) bond motifs is 1. The minimum atomic E-state index is -0.0209. The van der Waals surface area contributed by atoms with Crippen LogP contribution in [0.1, 0.15) is 13.8 Å². The first kappa shape index (κ1) is 13.3. The second-order valence-corrected chi connectivity index (χ2v) is 4.80. The smallest absolute Gasteiger partial charge is 0.239 e. The zero-order valence-electron chi connectivity index (χ0n) is 11.4. The van der Waals surface area contributed by atoms with Gasteiger partial charge in [-0.2, -0.15) is 0 Å². The van der Waals surface area contributed by atoms with Crippen molar-refractivity contribution in [2.24, 2.45) is 0 Å². The van der Waals surface area contributed by atoms with Crippen LogP contribution in [0.15, 0.2) is 30.5 Å². The first-order chi connectivity index (χ1) is 9.06. The van der Waals surface area contributed by atoms with E-state index < -0.39 is 0 Å². The summed E-state index contributed by atoms with van der Waals surface area (Å²) in [5, 5.41) is 2.85. The lowest BCUT2D eigenvalue weighted by molar-refractivity contribution is -0.120. The molecule has 2 rings (SSSR count). The lowest BCUT2D eigenvalue weighted by Crippen LogP contribution is -2.38. The van der Waals surface area contributed by atoms with Crippen molar-refractivity contribution in [3.05, 3.63) is 30.5 Å². The molecule has 0 fully saturated rings. The van der Waals surface area contributed by atoms with Crippen molar-refractivity contribution < 1.29 is 4.79 Å². The predicted molar refractivity (Wildman–Crippen MR) is 76.1 cm³/mol. The van der Waals surface area contributed by atoms with E-state index in [2.05, 4.69) is 15.3 Å². The van der Waals surface area contributed by atoms with Gasteiger partial charge in [-0.25, -0.2) is 4.98 Å². The number of aromatic nitrogens is 2. The molecule has 19 heavy (non-hydrogen) atoms. The fraction of sp³-hybridized carbons (Fsp3) is 0.357. The first-order valence-electron chi connectivity index (χ1n) is 6.28. The highest BCUT2D eigenvalue weighted by Gasteiger charge is 2.10. The van der Waals surface area contributed by atoms with E-state index in [4.69, 9.17) is 0 Å². The second-order valence-electron chi connectivity index (χ2n) is 4.80. The number of para-hydroxylation sites is 2. The molecule has 2 aromatic rings. The number of hydrogen-bond donors (Lipinski definition) is 1. The van der Waals surface area contributed by atoms with E-state index in [1.165, 1.54) is 0 Å². The predicted octanol–water partition coefficient (Wildman–Crippen LogP) is 1.59. The number of carbonyl (C=O) groups is 1. The highest BCUT2D eigenvalue weighted by atomic mass is 16.2. The van der Waals surface area contributed by atoms with Crippen LogP contribution in [-0.2, 0) is 4.79 Å². The Kier molecular flexibility index (Phi) is 3.94. The van der Waals surface area contributed by atoms with Gasteiger partial charge in [0.05, 0.1) is 23.8 Å². The van der Waals surface area contributed by atoms with Crippen LogP contribution < -0.4 is 10.2 Å². The average Bonchev–Trinajstić information content (AvgIpc) is 2.37. The van der Waals surface area contributed by atoms with Crippen LogP contribution in [0.5, 0.6) is 0 Å². The van der Waals surface area contributed by atoms with Crippen molar-refractivity contribution in [3.8, 4) is 0 Å². The number of hydrogen-bond acceptors (Lipinski definition) is 4. The third-order valence-electron chi connectivity index (χ3n) is 2.66. The summed E-state index contributed by atoms with van der Waals surface area (Å²) in [6, 6.07) is 7.82. The minimum Gasteiger partial charge on any atom is -0.352 e. The molecular formula is C14H18N4O. The Morgan fingerprint density at radius 1 is 1.32 bits per heavy atom. The third kappa shape index (κ3) is 3.40. The van der Waals surface area contributed by atoms with Crippen molar-refractivity contribution in [1.82, 2.24) is 15.3 Å². The third-order valence-corrected chi connectivity index (χ3v) is 2.66. The maximum absolute atomic E-state index is 11.7. The van der Waals surface area contributed by atoms with Gasteiger partial charge in [0, 0.05) is 13.1 Å². The fourth-order valence-electron chi connectivity index (χ4n) is 1.80. The Morgan fingerprint density at radius 2 is 2.00 bits per heavy atom. The van der Waals surface area contributed by atoms with Crippen LogP contribution in [-0.4, -0.2) is 35.5 Å². The van der Waals surface area contributed by atoms with Gasteiger partial charge in [0.1, 0.15) is 5.82 Å². The summed E-state index contributed by atoms with van der Waals surface area (Å²) in [5.41, 5.74) is 1.68. The first-order valence-corrected chi connectivity index (χ1v) is 6.28. The summed E-state index contributed by atoms with van der Waals surface area (Å²) < 4.78 is 0. The van der Waals surface area contributed by atoms with Crippen LogP contribution in [0.3, 0.4) is 0 Å². The Balaban J connectivity index is 2.12. The lowest BCUT2D eigenvalue weighted by Gasteiger charge is -2.18. The molecule has 0 saturated heterocycles. The van der Waals surface area contributed by atoms with Gasteiger partial charge in [-0.15, -0.1) is 0 Å². The van der Waals surface area contributed by atoms with Crippen LogP contribution in [0.25, 0.3) is 11.0 Å². The highest BCUT2D eigenvalue weighted by molar-refractivity contribution is 5.82. The number of anilines is 1. The van der Waals surface area contributed by atoms with E-state index in [-0.39, 0.29) is 18.5 Å². The largest absolute Gasteiger partial charge is 0.352 e. The van der Waals surface area contributed by atoms with Crippen molar-refractivity contribution in [3.63, 3.8) is 0 Å². The Labute approximate surface area is 112 Å². The monoisotopic (exact) mass is 258 g/mol. The van der Waals surface area contributed by atoms with E-state index in [1.807, 2.05) is 45.2 Å². The van der Waals surface area contributed by atoms with Gasteiger partial charge >= 0.3 is 0 Å². The molecule has 0 saturated carbocycles. The maximum atomic E-state index is 11.7. The summed E-state index contributed by atoms with van der Waals surface area (Å²) in [4.78, 5) is 22.3. The van der Waals surface area contributed by atoms with Gasteiger partial charge in [-0.1, -0.05) is 12.1 Å². The van der Waals surface area contributed by atoms with Crippen LogP contribution in [0.4, 0.5) is 5.82 Å². The summed E-state index contributed by atoms with van der Waals surface area (Å²) in [6.45, 7) is 4.15. The number of carbonyl (C=O) groups excluding carboxylic acids is 1. The van der Waals surface area contributed by atoms with Gasteiger partial charge in [0.2, 0.25) is 5.91 Å². The molecule has 5 nitrogen and oxygen atoms in total. The average molecular weight is 258 g/mol. The lowest BCUT2D eigenvalue weighted by atomic mass is 10.3. The summed E-state index contributed by atoms with van der Waals surface area (Å²) in [7, 11) is 1.83. The van der Waals surface area contributed by atoms with Crippen molar-refractivity contribution >= 4 is 22.8 Å². The molecule has 0 radical (unpaired) electrons. The molecule has 1 amide bonds. The van der Waals surface area contributed by atoms with E-state index in [9.17, 15) is 4.79 Å². The number of amides is 1. The molecule has 0 bridgehead atoms. The van der Waals surface area contributed by atoms with Gasteiger partial charge in [-0.3, -0.25) is 9.78 Å². The van der Waals surface area contributed by atoms with Crippen LogP contribution in [0.2, 0.25) is 0 Å². The quantitative estimate of drug-likeness (QED) is 0.904. The summed E-state index contributed by atoms with van der Waals surface area (Å²) in [5.74, 6) is 0.671. The Bertz CT molecular complexity index is 582. The van der Waals surface area contributed by atoms with E-state index >= 15 is 0 Å². The zero-order valence-corrected chi connectivity index (χ0v) is 11.4. The number of rotatable bonds is 4. The summed E-state index contributed by atoms with van der Waals surface area (Å²) >= 11 is 0. The molecule has 1 heterocycles. The number of likely N-dealkylation sites (N-methyl/N-ethyl adjacent to an activating group) is 1. The van der Waals surface area contributed by atoms with Crippen molar-refractivity contribution in [2.45, 2.75) is 19.9 Å². The topological polar surface area (TPSA) is 58.1 Å². The molecule has 0 aliphatic heterocycles. The Hall–Kier alpha value is -2.17. The molecule has 1 N–H and O–H groups in total. The molecule has 1 aromatic carbocycles. The molecule has 0 atom stereocenters. The normalized spacial score (nSPS) is 10.7. The van der Waals surface area contributed by atoms with Crippen molar-refractivity contribution in [2.75, 3.05) is 18.5 Å². The number of nitrogens with zero attached hydrogens (tertiary/aromatic N) is 3. The molecule has 0 aliphatic rings. The highest BCUT2D eigenvalue weighted by Crippen LogP contribution is 2.13. The molecule has 1 aromatic heterocycles. The fourth-order valence-corrected chi connectivity index (χ4v) is 1.80. The van der Waals surface area contributed by atoms with Gasteiger partial charge < -0.3 is 10.2 Å². The van der Waals surface area contributed by atoms with Gasteiger partial charge in [0.25, 0.3) is 0 Å². The summed E-state index contributed by atoms with van der Waals surface area (Å²) in [6.07, 6.45) is 1.69. The van der Waals surface area contributed by atoms with Crippen LogP contribution in [0, 0.1) is 0 Å². The van der Waals surface area contributed by atoms with Gasteiger partial charge in [-0.05, 0) is 26.0 Å².